The number of benzene rings is 1. The fourth-order valence-corrected chi connectivity index (χ4v) is 3.47. The summed E-state index contributed by atoms with van der Waals surface area (Å²) in [6.45, 7) is 14.3. The molecule has 1 aromatic rings. The quantitative estimate of drug-likeness (QED) is 0.894. The van der Waals surface area contributed by atoms with E-state index in [1.807, 2.05) is 0 Å². The van der Waals surface area contributed by atoms with Crippen molar-refractivity contribution in [3.8, 4) is 0 Å². The van der Waals surface area contributed by atoms with Crippen molar-refractivity contribution in [2.24, 2.45) is 5.92 Å². The third-order valence-electron chi connectivity index (χ3n) is 4.26. The molecule has 0 amide bonds. The van der Waals surface area contributed by atoms with Gasteiger partial charge in [-0.05, 0) is 50.3 Å². The molecule has 1 aromatic carbocycles. The first-order chi connectivity index (χ1) is 9.77. The van der Waals surface area contributed by atoms with Gasteiger partial charge in [-0.25, -0.2) is 0 Å². The lowest BCUT2D eigenvalue weighted by Gasteiger charge is -2.45. The van der Waals surface area contributed by atoms with Crippen molar-refractivity contribution < 1.29 is 0 Å². The first-order valence-electron chi connectivity index (χ1n) is 8.01. The zero-order valence-corrected chi connectivity index (χ0v) is 14.8. The summed E-state index contributed by atoms with van der Waals surface area (Å²) in [7, 11) is 0. The van der Waals surface area contributed by atoms with Gasteiger partial charge in [-0.15, -0.1) is 0 Å². The minimum atomic E-state index is 0.171. The van der Waals surface area contributed by atoms with E-state index < -0.39 is 0 Å². The van der Waals surface area contributed by atoms with Gasteiger partial charge in [-0.3, -0.25) is 4.90 Å². The van der Waals surface area contributed by atoms with Crippen LogP contribution in [0.1, 0.15) is 45.2 Å². The van der Waals surface area contributed by atoms with E-state index >= 15 is 0 Å². The second-order valence-corrected chi connectivity index (χ2v) is 7.96. The van der Waals surface area contributed by atoms with Gasteiger partial charge in [0.15, 0.2) is 0 Å². The number of hydrogen-bond acceptors (Lipinski definition) is 2. The van der Waals surface area contributed by atoms with Crippen LogP contribution in [-0.4, -0.2) is 29.6 Å². The van der Waals surface area contributed by atoms with E-state index in [1.165, 1.54) is 17.5 Å². The third kappa shape index (κ3) is 4.70. The Balaban J connectivity index is 2.15. The molecule has 21 heavy (non-hydrogen) atoms. The van der Waals surface area contributed by atoms with E-state index in [1.54, 1.807) is 0 Å². The molecule has 0 saturated carbocycles. The van der Waals surface area contributed by atoms with Crippen molar-refractivity contribution in [2.45, 2.75) is 59.2 Å². The molecule has 1 fully saturated rings. The summed E-state index contributed by atoms with van der Waals surface area (Å²) >= 11 is 6.43. The van der Waals surface area contributed by atoms with Crippen LogP contribution in [0, 0.1) is 12.8 Å². The van der Waals surface area contributed by atoms with Crippen molar-refractivity contribution >= 4 is 11.6 Å². The largest absolute Gasteiger partial charge is 0.309 e. The summed E-state index contributed by atoms with van der Waals surface area (Å²) in [5, 5.41) is 4.58. The highest BCUT2D eigenvalue weighted by molar-refractivity contribution is 6.31. The van der Waals surface area contributed by atoms with Crippen LogP contribution in [0.5, 0.6) is 0 Å². The van der Waals surface area contributed by atoms with E-state index in [2.05, 4.69) is 63.0 Å². The van der Waals surface area contributed by atoms with Crippen LogP contribution in [0.3, 0.4) is 0 Å². The van der Waals surface area contributed by atoms with Crippen LogP contribution in [0.4, 0.5) is 0 Å². The second kappa shape index (κ2) is 6.68. The van der Waals surface area contributed by atoms with Crippen molar-refractivity contribution in [1.82, 2.24) is 10.2 Å². The highest BCUT2D eigenvalue weighted by Crippen LogP contribution is 2.25. The summed E-state index contributed by atoms with van der Waals surface area (Å²) in [5.41, 5.74) is 2.64. The number of piperazine rings is 1. The SMILES string of the molecule is Cc1ccc(CN2CC(C)(C)NCC2CC(C)C)c(Cl)c1. The normalized spacial score (nSPS) is 22.7. The Morgan fingerprint density at radius 1 is 1.38 bits per heavy atom. The summed E-state index contributed by atoms with van der Waals surface area (Å²) in [4.78, 5) is 2.60. The monoisotopic (exact) mass is 308 g/mol. The molecule has 1 aliphatic heterocycles. The van der Waals surface area contributed by atoms with E-state index in [-0.39, 0.29) is 5.54 Å². The molecule has 1 saturated heterocycles. The average Bonchev–Trinajstić information content (AvgIpc) is 2.35. The maximum Gasteiger partial charge on any atom is 0.0453 e. The molecule has 1 heterocycles. The topological polar surface area (TPSA) is 15.3 Å². The maximum absolute atomic E-state index is 6.43. The summed E-state index contributed by atoms with van der Waals surface area (Å²) in [6, 6.07) is 7.00. The molecule has 1 atom stereocenters. The molecule has 0 aromatic heterocycles. The predicted molar refractivity (Wildman–Crippen MR) is 91.9 cm³/mol. The van der Waals surface area contributed by atoms with Crippen molar-refractivity contribution in [1.29, 1.82) is 0 Å². The van der Waals surface area contributed by atoms with Crippen molar-refractivity contribution in [3.63, 3.8) is 0 Å². The molecule has 1 aliphatic rings. The molecule has 0 spiro atoms. The molecule has 1 unspecified atom stereocenters. The van der Waals surface area contributed by atoms with Crippen LogP contribution < -0.4 is 5.32 Å². The number of hydrogen-bond donors (Lipinski definition) is 1. The number of halogens is 1. The van der Waals surface area contributed by atoms with Crippen molar-refractivity contribution in [2.75, 3.05) is 13.1 Å². The highest BCUT2D eigenvalue weighted by atomic mass is 35.5. The first-order valence-corrected chi connectivity index (χ1v) is 8.39. The Kier molecular flexibility index (Phi) is 5.34. The van der Waals surface area contributed by atoms with Crippen LogP contribution in [0.15, 0.2) is 18.2 Å². The number of aryl methyl sites for hydroxylation is 1. The molecule has 3 heteroatoms. The van der Waals surface area contributed by atoms with Gasteiger partial charge in [0.05, 0.1) is 0 Å². The molecule has 2 rings (SSSR count). The Hall–Kier alpha value is -0.570. The Bertz CT molecular complexity index is 482. The lowest BCUT2D eigenvalue weighted by molar-refractivity contribution is 0.0760. The molecular weight excluding hydrogens is 280 g/mol. The summed E-state index contributed by atoms with van der Waals surface area (Å²) in [6.07, 6.45) is 1.23. The van der Waals surface area contributed by atoms with Crippen LogP contribution in [0.2, 0.25) is 5.02 Å². The molecule has 0 radical (unpaired) electrons. The number of nitrogens with zero attached hydrogens (tertiary/aromatic N) is 1. The van der Waals surface area contributed by atoms with Crippen LogP contribution in [0.25, 0.3) is 0 Å². The third-order valence-corrected chi connectivity index (χ3v) is 4.61. The smallest absolute Gasteiger partial charge is 0.0453 e. The van der Waals surface area contributed by atoms with E-state index in [9.17, 15) is 0 Å². The fraction of sp³-hybridized carbons (Fsp3) is 0.667. The lowest BCUT2D eigenvalue weighted by atomic mass is 9.93. The minimum Gasteiger partial charge on any atom is -0.309 e. The summed E-state index contributed by atoms with van der Waals surface area (Å²) in [5.74, 6) is 0.717. The molecule has 1 N–H and O–H groups in total. The van der Waals surface area contributed by atoms with Gasteiger partial charge in [0.1, 0.15) is 0 Å². The highest BCUT2D eigenvalue weighted by Gasteiger charge is 2.32. The van der Waals surface area contributed by atoms with E-state index in [0.29, 0.717) is 12.0 Å². The number of rotatable bonds is 4. The Morgan fingerprint density at radius 3 is 2.71 bits per heavy atom. The standard InChI is InChI=1S/C18H29ClN2/c1-13(2)8-16-10-20-18(4,5)12-21(16)11-15-7-6-14(3)9-17(15)19/h6-7,9,13,16,20H,8,10-12H2,1-5H3. The fourth-order valence-electron chi connectivity index (χ4n) is 3.18. The lowest BCUT2D eigenvalue weighted by Crippen LogP contribution is -2.61. The zero-order valence-electron chi connectivity index (χ0n) is 14.0. The maximum atomic E-state index is 6.43. The first kappa shape index (κ1) is 16.8. The Labute approximate surface area is 134 Å². The molecule has 2 nitrogen and oxygen atoms in total. The minimum absolute atomic E-state index is 0.171. The van der Waals surface area contributed by atoms with Gasteiger partial charge in [0, 0.05) is 36.2 Å². The van der Waals surface area contributed by atoms with Gasteiger partial charge < -0.3 is 5.32 Å². The Morgan fingerprint density at radius 2 is 2.10 bits per heavy atom. The van der Waals surface area contributed by atoms with E-state index in [0.717, 1.165) is 24.7 Å². The van der Waals surface area contributed by atoms with Crippen LogP contribution in [-0.2, 0) is 6.54 Å². The zero-order chi connectivity index (χ0) is 15.6. The molecular formula is C18H29ClN2. The van der Waals surface area contributed by atoms with Gasteiger partial charge in [-0.1, -0.05) is 37.6 Å². The van der Waals surface area contributed by atoms with Crippen molar-refractivity contribution in [3.05, 3.63) is 34.3 Å². The van der Waals surface area contributed by atoms with Crippen LogP contribution >= 0.6 is 11.6 Å². The van der Waals surface area contributed by atoms with Gasteiger partial charge in [0.25, 0.3) is 0 Å². The van der Waals surface area contributed by atoms with E-state index in [4.69, 9.17) is 11.6 Å². The number of nitrogens with one attached hydrogen (secondary N) is 1. The van der Waals surface area contributed by atoms with Gasteiger partial charge >= 0.3 is 0 Å². The molecule has 118 valence electrons. The second-order valence-electron chi connectivity index (χ2n) is 7.55. The summed E-state index contributed by atoms with van der Waals surface area (Å²) < 4.78 is 0. The molecule has 0 bridgehead atoms. The average molecular weight is 309 g/mol. The predicted octanol–water partition coefficient (Wildman–Crippen LogP) is 4.25. The van der Waals surface area contributed by atoms with Gasteiger partial charge in [-0.2, -0.15) is 0 Å². The molecule has 0 aliphatic carbocycles. The van der Waals surface area contributed by atoms with Gasteiger partial charge in [0.2, 0.25) is 0 Å².